The fourth-order valence-corrected chi connectivity index (χ4v) is 2.86. The lowest BCUT2D eigenvalue weighted by molar-refractivity contribution is 0.102. The molecule has 26 heavy (non-hydrogen) atoms. The molecule has 0 aliphatic carbocycles. The van der Waals surface area contributed by atoms with Gasteiger partial charge in [0.2, 0.25) is 0 Å². The topological polar surface area (TPSA) is 90.1 Å². The van der Waals surface area contributed by atoms with E-state index in [2.05, 4.69) is 27.4 Å². The predicted octanol–water partition coefficient (Wildman–Crippen LogP) is 4.32. The van der Waals surface area contributed by atoms with Crippen LogP contribution < -0.4 is 10.1 Å². The highest BCUT2D eigenvalue weighted by atomic mass is 32.1. The van der Waals surface area contributed by atoms with E-state index in [1.54, 1.807) is 18.2 Å². The molecular formula is C18H20N4O3S. The Hall–Kier alpha value is -2.74. The van der Waals surface area contributed by atoms with Crippen LogP contribution in [0.4, 0.5) is 6.01 Å². The Morgan fingerprint density at radius 1 is 1.31 bits per heavy atom. The molecule has 0 bridgehead atoms. The van der Waals surface area contributed by atoms with Gasteiger partial charge in [0.1, 0.15) is 11.4 Å². The third kappa shape index (κ3) is 4.66. The van der Waals surface area contributed by atoms with E-state index in [9.17, 15) is 4.79 Å². The summed E-state index contributed by atoms with van der Waals surface area (Å²) in [5.74, 6) is 0.601. The zero-order valence-electron chi connectivity index (χ0n) is 14.7. The van der Waals surface area contributed by atoms with Gasteiger partial charge in [0.25, 0.3) is 11.8 Å². The first-order chi connectivity index (χ1) is 12.7. The molecule has 0 aliphatic rings. The van der Waals surface area contributed by atoms with Gasteiger partial charge >= 0.3 is 6.01 Å². The van der Waals surface area contributed by atoms with E-state index in [0.29, 0.717) is 23.6 Å². The highest BCUT2D eigenvalue weighted by Gasteiger charge is 2.14. The minimum absolute atomic E-state index is 0.0323. The van der Waals surface area contributed by atoms with Crippen LogP contribution in [0.2, 0.25) is 0 Å². The number of amides is 1. The van der Waals surface area contributed by atoms with Gasteiger partial charge in [-0.15, -0.1) is 16.4 Å². The van der Waals surface area contributed by atoms with Crippen LogP contribution in [0.25, 0.3) is 11.6 Å². The summed E-state index contributed by atoms with van der Waals surface area (Å²) in [5, 5.41) is 13.1. The first kappa shape index (κ1) is 18.1. The Bertz CT molecular complexity index is 875. The van der Waals surface area contributed by atoms with E-state index in [4.69, 9.17) is 9.15 Å². The van der Waals surface area contributed by atoms with Crippen LogP contribution >= 0.6 is 11.3 Å². The van der Waals surface area contributed by atoms with Crippen molar-refractivity contribution in [2.45, 2.75) is 33.1 Å². The van der Waals surface area contributed by atoms with Crippen LogP contribution in [0.5, 0.6) is 5.75 Å². The van der Waals surface area contributed by atoms with E-state index in [1.807, 2.05) is 18.4 Å². The van der Waals surface area contributed by atoms with Crippen molar-refractivity contribution in [3.05, 3.63) is 40.2 Å². The van der Waals surface area contributed by atoms with Gasteiger partial charge < -0.3 is 9.15 Å². The van der Waals surface area contributed by atoms with Crippen molar-refractivity contribution in [1.29, 1.82) is 0 Å². The number of hydrogen-bond acceptors (Lipinski definition) is 7. The standard InChI is InChI=1S/C18H20N4O3S/c1-3-4-5-9-24-14-8-6-7-13(10-14)16(23)20-18-22-21-17(25-18)15-11-26-12(2)19-15/h6-8,10-11H,3-5,9H2,1-2H3,(H,20,22,23). The van der Waals surface area contributed by atoms with Crippen LogP contribution in [0.1, 0.15) is 41.6 Å². The normalized spacial score (nSPS) is 10.7. The Kier molecular flexibility index (Phi) is 5.96. The number of carbonyl (C=O) groups excluding carboxylic acids is 1. The second-order valence-electron chi connectivity index (χ2n) is 5.70. The molecule has 0 saturated heterocycles. The van der Waals surface area contributed by atoms with Crippen molar-refractivity contribution < 1.29 is 13.9 Å². The molecule has 0 fully saturated rings. The number of carbonyl (C=O) groups is 1. The molecule has 1 aromatic carbocycles. The molecule has 1 N–H and O–H groups in total. The van der Waals surface area contributed by atoms with Gasteiger partial charge in [-0.25, -0.2) is 4.98 Å². The number of thiazole rings is 1. The summed E-state index contributed by atoms with van der Waals surface area (Å²) in [4.78, 5) is 16.7. The summed E-state index contributed by atoms with van der Waals surface area (Å²) < 4.78 is 11.1. The number of unbranched alkanes of at least 4 members (excludes halogenated alkanes) is 2. The quantitative estimate of drug-likeness (QED) is 0.592. The van der Waals surface area contributed by atoms with Crippen LogP contribution in [-0.2, 0) is 0 Å². The summed E-state index contributed by atoms with van der Waals surface area (Å²) in [6.45, 7) is 4.67. The number of anilines is 1. The molecule has 8 heteroatoms. The smallest absolute Gasteiger partial charge is 0.322 e. The minimum atomic E-state index is -0.339. The van der Waals surface area contributed by atoms with Crippen molar-refractivity contribution in [3.63, 3.8) is 0 Å². The van der Waals surface area contributed by atoms with Crippen molar-refractivity contribution in [1.82, 2.24) is 15.2 Å². The Labute approximate surface area is 155 Å². The van der Waals surface area contributed by atoms with Crippen molar-refractivity contribution in [2.75, 3.05) is 11.9 Å². The second kappa shape index (κ2) is 8.57. The van der Waals surface area contributed by atoms with Gasteiger partial charge in [-0.3, -0.25) is 10.1 Å². The molecule has 0 saturated carbocycles. The summed E-state index contributed by atoms with van der Waals surface area (Å²) in [6.07, 6.45) is 3.25. The van der Waals surface area contributed by atoms with Crippen molar-refractivity contribution in [3.8, 4) is 17.3 Å². The van der Waals surface area contributed by atoms with Gasteiger partial charge in [0.15, 0.2) is 0 Å². The maximum atomic E-state index is 12.4. The van der Waals surface area contributed by atoms with Gasteiger partial charge in [-0.2, -0.15) is 0 Å². The summed E-state index contributed by atoms with van der Waals surface area (Å²) in [6, 6.07) is 7.04. The molecule has 0 unspecified atom stereocenters. The Morgan fingerprint density at radius 2 is 2.19 bits per heavy atom. The highest BCUT2D eigenvalue weighted by Crippen LogP contribution is 2.22. The summed E-state index contributed by atoms with van der Waals surface area (Å²) in [7, 11) is 0. The van der Waals surface area contributed by atoms with Gasteiger partial charge in [-0.05, 0) is 31.5 Å². The van der Waals surface area contributed by atoms with Crippen molar-refractivity contribution in [2.24, 2.45) is 0 Å². The third-order valence-corrected chi connectivity index (χ3v) is 4.37. The Balaban J connectivity index is 1.62. The van der Waals surface area contributed by atoms with E-state index in [0.717, 1.165) is 24.3 Å². The van der Waals surface area contributed by atoms with E-state index >= 15 is 0 Å². The zero-order chi connectivity index (χ0) is 18.4. The monoisotopic (exact) mass is 372 g/mol. The number of nitrogens with zero attached hydrogens (tertiary/aromatic N) is 3. The number of nitrogens with one attached hydrogen (secondary N) is 1. The van der Waals surface area contributed by atoms with E-state index < -0.39 is 0 Å². The predicted molar refractivity (Wildman–Crippen MR) is 99.6 cm³/mol. The fourth-order valence-electron chi connectivity index (χ4n) is 2.28. The molecule has 2 aromatic heterocycles. The Morgan fingerprint density at radius 3 is 2.96 bits per heavy atom. The number of ether oxygens (including phenoxy) is 1. The molecule has 3 rings (SSSR count). The molecule has 0 spiro atoms. The highest BCUT2D eigenvalue weighted by molar-refractivity contribution is 7.09. The van der Waals surface area contributed by atoms with Crippen LogP contribution in [0, 0.1) is 6.92 Å². The second-order valence-corrected chi connectivity index (χ2v) is 6.76. The van der Waals surface area contributed by atoms with Crippen LogP contribution in [0.15, 0.2) is 34.1 Å². The number of hydrogen-bond donors (Lipinski definition) is 1. The fraction of sp³-hybridized carbons (Fsp3) is 0.333. The maximum absolute atomic E-state index is 12.4. The van der Waals surface area contributed by atoms with Crippen molar-refractivity contribution >= 4 is 23.3 Å². The number of benzene rings is 1. The number of aryl methyl sites for hydroxylation is 1. The molecule has 136 valence electrons. The van der Waals surface area contributed by atoms with Gasteiger partial charge in [0.05, 0.1) is 11.6 Å². The van der Waals surface area contributed by atoms with Gasteiger partial charge in [0, 0.05) is 10.9 Å². The lowest BCUT2D eigenvalue weighted by Gasteiger charge is -2.07. The SMILES string of the molecule is CCCCCOc1cccc(C(=O)Nc2nnc(-c3csc(C)n3)o2)c1. The maximum Gasteiger partial charge on any atom is 0.322 e. The molecule has 3 aromatic rings. The van der Waals surface area contributed by atoms with E-state index in [-0.39, 0.29) is 17.8 Å². The molecule has 0 aliphatic heterocycles. The third-order valence-electron chi connectivity index (χ3n) is 3.60. The largest absolute Gasteiger partial charge is 0.494 e. The summed E-state index contributed by atoms with van der Waals surface area (Å²) >= 11 is 1.49. The number of aromatic nitrogens is 3. The first-order valence-corrected chi connectivity index (χ1v) is 9.34. The molecular weight excluding hydrogens is 352 g/mol. The zero-order valence-corrected chi connectivity index (χ0v) is 15.5. The average molecular weight is 372 g/mol. The van der Waals surface area contributed by atoms with Crippen LogP contribution in [-0.4, -0.2) is 27.7 Å². The molecule has 2 heterocycles. The lowest BCUT2D eigenvalue weighted by atomic mass is 10.2. The number of rotatable bonds is 8. The minimum Gasteiger partial charge on any atom is -0.494 e. The lowest BCUT2D eigenvalue weighted by Crippen LogP contribution is -2.12. The molecule has 7 nitrogen and oxygen atoms in total. The van der Waals surface area contributed by atoms with Gasteiger partial charge in [-0.1, -0.05) is 30.9 Å². The van der Waals surface area contributed by atoms with E-state index in [1.165, 1.54) is 11.3 Å². The summed E-state index contributed by atoms with van der Waals surface area (Å²) in [5.41, 5.74) is 1.06. The first-order valence-electron chi connectivity index (χ1n) is 8.46. The average Bonchev–Trinajstić information content (AvgIpc) is 3.28. The molecule has 1 amide bonds. The van der Waals surface area contributed by atoms with Crippen LogP contribution in [0.3, 0.4) is 0 Å². The molecule has 0 radical (unpaired) electrons. The molecule has 0 atom stereocenters.